The molecule has 45 heavy (non-hydrogen) atoms. The van der Waals surface area contributed by atoms with Crippen LogP contribution in [0.3, 0.4) is 0 Å². The molecule has 0 atom stereocenters. The molecule has 0 bridgehead atoms. The Balaban J connectivity index is 0.000000396. The summed E-state index contributed by atoms with van der Waals surface area (Å²) in [5.74, 6) is -7.01. The minimum absolute atomic E-state index is 0.274. The standard InChI is InChI=1S/C18H28N4OS.3C2HF3O2/c1-14-19-16(13-24-14)12-22-10-9-20(2)18(17(22)23)5-7-21(8-6-18)11-15-3-4-15;3*3-2(4,5)1(6)7/h13,15H,3-12H2,1-2H3;3*(H,6,7). The Morgan fingerprint density at radius 1 is 0.867 bits per heavy atom. The summed E-state index contributed by atoms with van der Waals surface area (Å²) in [6, 6.07) is 0. The van der Waals surface area contributed by atoms with Crippen LogP contribution >= 0.6 is 11.3 Å². The number of piperidine rings is 1. The molecule has 1 amide bonds. The number of carbonyl (C=O) groups excluding carboxylic acids is 1. The third-order valence-electron chi connectivity index (χ3n) is 6.76. The number of nitrogens with zero attached hydrogens (tertiary/aromatic N) is 4. The first-order valence-corrected chi connectivity index (χ1v) is 13.8. The summed E-state index contributed by atoms with van der Waals surface area (Å²) in [7, 11) is 2.14. The molecule has 2 aliphatic heterocycles. The number of carbonyl (C=O) groups is 4. The predicted molar refractivity (Wildman–Crippen MR) is 137 cm³/mol. The quantitative estimate of drug-likeness (QED) is 0.398. The summed E-state index contributed by atoms with van der Waals surface area (Å²) in [4.78, 5) is 51.5. The van der Waals surface area contributed by atoms with Crippen LogP contribution in [0.15, 0.2) is 5.38 Å². The maximum Gasteiger partial charge on any atom is 0.490 e. The topological polar surface area (TPSA) is 152 Å². The van der Waals surface area contributed by atoms with Gasteiger partial charge in [0.25, 0.3) is 0 Å². The van der Waals surface area contributed by atoms with Gasteiger partial charge in [0.2, 0.25) is 5.91 Å². The Bertz CT molecular complexity index is 1110. The van der Waals surface area contributed by atoms with Gasteiger partial charge in [-0.3, -0.25) is 9.69 Å². The molecule has 1 aromatic heterocycles. The number of amides is 1. The first kappa shape index (κ1) is 39.8. The van der Waals surface area contributed by atoms with Crippen LogP contribution in [0.4, 0.5) is 39.5 Å². The molecule has 3 N–H and O–H groups in total. The highest BCUT2D eigenvalue weighted by atomic mass is 32.1. The smallest absolute Gasteiger partial charge is 0.475 e. The van der Waals surface area contributed by atoms with Crippen molar-refractivity contribution in [2.75, 3.05) is 39.8 Å². The molecule has 3 aliphatic rings. The minimum Gasteiger partial charge on any atom is -0.475 e. The zero-order valence-electron chi connectivity index (χ0n) is 23.8. The second-order valence-electron chi connectivity index (χ2n) is 10.2. The second kappa shape index (κ2) is 15.9. The van der Waals surface area contributed by atoms with E-state index in [0.29, 0.717) is 12.5 Å². The number of aryl methyl sites for hydroxylation is 1. The van der Waals surface area contributed by atoms with Crippen LogP contribution in [0.25, 0.3) is 0 Å². The SMILES string of the molecule is Cc1nc(CN2CCN(C)C3(CCN(CC4CC4)CC3)C2=O)cs1.O=C(O)C(F)(F)F.O=C(O)C(F)(F)F.O=C(O)C(F)(F)F. The van der Waals surface area contributed by atoms with E-state index in [1.807, 2.05) is 11.8 Å². The average molecular weight is 691 g/mol. The van der Waals surface area contributed by atoms with Gasteiger partial charge >= 0.3 is 36.4 Å². The zero-order chi connectivity index (χ0) is 35.0. The second-order valence-corrected chi connectivity index (χ2v) is 11.3. The van der Waals surface area contributed by atoms with Crippen molar-refractivity contribution in [2.24, 2.45) is 5.92 Å². The van der Waals surface area contributed by atoms with E-state index >= 15 is 0 Å². The van der Waals surface area contributed by atoms with Gasteiger partial charge in [0.15, 0.2) is 0 Å². The van der Waals surface area contributed by atoms with Gasteiger partial charge in [0.05, 0.1) is 17.2 Å². The number of carboxylic acids is 3. The molecular formula is C24H31F9N4O7S. The number of likely N-dealkylation sites (N-methyl/N-ethyl adjacent to an activating group) is 1. The Labute approximate surface area is 254 Å². The number of halogens is 9. The summed E-state index contributed by atoms with van der Waals surface area (Å²) < 4.78 is 95.2. The highest BCUT2D eigenvalue weighted by Crippen LogP contribution is 2.36. The zero-order valence-corrected chi connectivity index (χ0v) is 24.6. The molecule has 2 saturated heterocycles. The van der Waals surface area contributed by atoms with Crippen LogP contribution in [-0.2, 0) is 25.7 Å². The normalized spacial score (nSPS) is 18.9. The van der Waals surface area contributed by atoms with Crippen LogP contribution in [-0.4, -0.2) is 123 Å². The van der Waals surface area contributed by atoms with Crippen molar-refractivity contribution in [3.05, 3.63) is 16.1 Å². The van der Waals surface area contributed by atoms with Crippen LogP contribution in [0.5, 0.6) is 0 Å². The molecule has 1 aliphatic carbocycles. The highest BCUT2D eigenvalue weighted by molar-refractivity contribution is 7.09. The highest BCUT2D eigenvalue weighted by Gasteiger charge is 2.49. The molecule has 3 heterocycles. The molecule has 1 spiro atoms. The lowest BCUT2D eigenvalue weighted by molar-refractivity contribution is -0.193. The predicted octanol–water partition coefficient (Wildman–Crippen LogP) is 3.87. The van der Waals surface area contributed by atoms with Crippen molar-refractivity contribution >= 4 is 35.2 Å². The summed E-state index contributed by atoms with van der Waals surface area (Å²) in [5.41, 5.74) is 0.764. The van der Waals surface area contributed by atoms with Crippen molar-refractivity contribution in [3.63, 3.8) is 0 Å². The molecule has 0 radical (unpaired) electrons. The Morgan fingerprint density at radius 3 is 1.62 bits per heavy atom. The van der Waals surface area contributed by atoms with E-state index in [1.165, 1.54) is 19.4 Å². The number of piperazine rings is 1. The van der Waals surface area contributed by atoms with Crippen molar-refractivity contribution in [1.29, 1.82) is 0 Å². The summed E-state index contributed by atoms with van der Waals surface area (Å²) in [6.45, 7) is 7.86. The van der Waals surface area contributed by atoms with Crippen LogP contribution < -0.4 is 0 Å². The number of thiazole rings is 1. The summed E-state index contributed by atoms with van der Waals surface area (Å²) in [5, 5.41) is 24.5. The maximum atomic E-state index is 13.3. The molecule has 1 aromatic rings. The van der Waals surface area contributed by atoms with E-state index in [1.54, 1.807) is 11.3 Å². The summed E-state index contributed by atoms with van der Waals surface area (Å²) in [6.07, 6.45) is -10.5. The van der Waals surface area contributed by atoms with E-state index in [9.17, 15) is 44.3 Å². The number of hydrogen-bond donors (Lipinski definition) is 3. The number of likely N-dealkylation sites (tertiary alicyclic amines) is 1. The fraction of sp³-hybridized carbons (Fsp3) is 0.708. The fourth-order valence-corrected chi connectivity index (χ4v) is 4.84. The monoisotopic (exact) mass is 690 g/mol. The molecule has 21 heteroatoms. The fourth-order valence-electron chi connectivity index (χ4n) is 4.24. The first-order chi connectivity index (χ1) is 20.4. The number of alkyl halides is 9. The van der Waals surface area contributed by atoms with E-state index in [2.05, 4.69) is 27.2 Å². The Morgan fingerprint density at radius 2 is 1.29 bits per heavy atom. The van der Waals surface area contributed by atoms with Gasteiger partial charge in [-0.15, -0.1) is 11.3 Å². The first-order valence-electron chi connectivity index (χ1n) is 12.9. The molecule has 3 fully saturated rings. The number of aromatic nitrogens is 1. The third kappa shape index (κ3) is 13.4. The van der Waals surface area contributed by atoms with E-state index in [0.717, 1.165) is 55.6 Å². The van der Waals surface area contributed by atoms with Gasteiger partial charge in [0.1, 0.15) is 5.54 Å². The van der Waals surface area contributed by atoms with Gasteiger partial charge in [0, 0.05) is 38.1 Å². The molecule has 0 unspecified atom stereocenters. The number of aliphatic carboxylic acids is 3. The van der Waals surface area contributed by atoms with Crippen molar-refractivity contribution in [1.82, 2.24) is 19.7 Å². The van der Waals surface area contributed by atoms with E-state index in [4.69, 9.17) is 29.7 Å². The molecule has 4 rings (SSSR count). The minimum atomic E-state index is -5.08. The van der Waals surface area contributed by atoms with E-state index in [-0.39, 0.29) is 5.54 Å². The molecule has 1 saturated carbocycles. The number of carboxylic acid groups (broad SMARTS) is 3. The lowest BCUT2D eigenvalue weighted by Crippen LogP contribution is -2.67. The largest absolute Gasteiger partial charge is 0.490 e. The van der Waals surface area contributed by atoms with Crippen molar-refractivity contribution in [2.45, 2.75) is 63.2 Å². The Hall–Kier alpha value is -3.20. The van der Waals surface area contributed by atoms with Gasteiger partial charge in [-0.25, -0.2) is 19.4 Å². The van der Waals surface area contributed by atoms with Gasteiger partial charge in [-0.1, -0.05) is 0 Å². The average Bonchev–Trinajstić information content (AvgIpc) is 3.63. The van der Waals surface area contributed by atoms with Gasteiger partial charge < -0.3 is 25.1 Å². The third-order valence-corrected chi connectivity index (χ3v) is 7.59. The van der Waals surface area contributed by atoms with Crippen LogP contribution in [0, 0.1) is 12.8 Å². The number of rotatable bonds is 4. The van der Waals surface area contributed by atoms with Gasteiger partial charge in [-0.2, -0.15) is 39.5 Å². The Kier molecular flexibility index (Phi) is 14.1. The number of hydrogen-bond acceptors (Lipinski definition) is 8. The van der Waals surface area contributed by atoms with Crippen molar-refractivity contribution in [3.8, 4) is 0 Å². The van der Waals surface area contributed by atoms with Crippen LogP contribution in [0.2, 0.25) is 0 Å². The lowest BCUT2D eigenvalue weighted by atomic mass is 9.82. The lowest BCUT2D eigenvalue weighted by Gasteiger charge is -2.51. The van der Waals surface area contributed by atoms with Crippen molar-refractivity contribution < 1.29 is 74.0 Å². The molecule has 0 aromatic carbocycles. The van der Waals surface area contributed by atoms with Gasteiger partial charge in [-0.05, 0) is 45.6 Å². The molecular weight excluding hydrogens is 659 g/mol. The molecule has 258 valence electrons. The molecule has 11 nitrogen and oxygen atoms in total. The van der Waals surface area contributed by atoms with E-state index < -0.39 is 36.4 Å². The summed E-state index contributed by atoms with van der Waals surface area (Å²) >= 11 is 1.67. The van der Waals surface area contributed by atoms with Crippen LogP contribution in [0.1, 0.15) is 36.4 Å². The maximum absolute atomic E-state index is 13.3.